The van der Waals surface area contributed by atoms with Crippen molar-refractivity contribution < 1.29 is 9.90 Å². The van der Waals surface area contributed by atoms with E-state index in [1.165, 1.54) is 10.5 Å². The van der Waals surface area contributed by atoms with Gasteiger partial charge < -0.3 is 14.9 Å². The highest BCUT2D eigenvalue weighted by Gasteiger charge is 2.39. The Kier molecular flexibility index (Phi) is 3.05. The summed E-state index contributed by atoms with van der Waals surface area (Å²) in [5.41, 5.74) is 2.27. The van der Waals surface area contributed by atoms with Gasteiger partial charge in [0.05, 0.1) is 10.7 Å². The van der Waals surface area contributed by atoms with Crippen LogP contribution >= 0.6 is 11.6 Å². The van der Waals surface area contributed by atoms with Crippen LogP contribution in [0.5, 0.6) is 0 Å². The fourth-order valence-corrected chi connectivity index (χ4v) is 3.70. The van der Waals surface area contributed by atoms with Crippen molar-refractivity contribution in [1.29, 1.82) is 0 Å². The van der Waals surface area contributed by atoms with Crippen molar-refractivity contribution in [2.75, 3.05) is 31.6 Å². The lowest BCUT2D eigenvalue weighted by atomic mass is 9.87. The number of carboxylic acid groups (broad SMARTS) is 1. The number of rotatable bonds is 0. The molecule has 4 nitrogen and oxygen atoms in total. The zero-order valence-electron chi connectivity index (χ0n) is 10.8. The first-order chi connectivity index (χ1) is 9.08. The third-order valence-corrected chi connectivity index (χ3v) is 4.65. The molecule has 0 radical (unpaired) electrons. The molecule has 102 valence electrons. The molecule has 2 aliphatic rings. The predicted octanol–water partition coefficient (Wildman–Crippen LogP) is 2.87. The van der Waals surface area contributed by atoms with Crippen LogP contribution in [0, 0.1) is 5.92 Å². The van der Waals surface area contributed by atoms with Gasteiger partial charge in [-0.3, -0.25) is 0 Å². The fraction of sp³-hybridized carbons (Fsp3) is 0.500. The highest BCUT2D eigenvalue weighted by atomic mass is 35.5. The van der Waals surface area contributed by atoms with Crippen LogP contribution in [-0.4, -0.2) is 42.8 Å². The van der Waals surface area contributed by atoms with Crippen molar-refractivity contribution in [3.05, 3.63) is 28.8 Å². The normalized spacial score (nSPS) is 25.8. The summed E-state index contributed by atoms with van der Waals surface area (Å²) in [5, 5.41) is 9.93. The first-order valence-electron chi connectivity index (χ1n) is 6.55. The van der Waals surface area contributed by atoms with Gasteiger partial charge in [0.25, 0.3) is 0 Å². The molecule has 19 heavy (non-hydrogen) atoms. The summed E-state index contributed by atoms with van der Waals surface area (Å²) in [6.07, 6.45) is 0.195. The number of likely N-dealkylation sites (tertiary alicyclic amines) is 1. The van der Waals surface area contributed by atoms with Crippen LogP contribution in [0.15, 0.2) is 18.2 Å². The van der Waals surface area contributed by atoms with Gasteiger partial charge in [-0.2, -0.15) is 0 Å². The zero-order chi connectivity index (χ0) is 13.6. The maximum atomic E-state index is 11.2. The van der Waals surface area contributed by atoms with E-state index in [-0.39, 0.29) is 5.92 Å². The highest BCUT2D eigenvalue weighted by molar-refractivity contribution is 6.33. The van der Waals surface area contributed by atoms with E-state index in [0.29, 0.717) is 19.0 Å². The molecule has 5 heteroatoms. The van der Waals surface area contributed by atoms with Crippen LogP contribution < -0.4 is 4.90 Å². The topological polar surface area (TPSA) is 43.8 Å². The predicted molar refractivity (Wildman–Crippen MR) is 75.2 cm³/mol. The standard InChI is InChI=1S/C14H17ClN2O2/c1-16-6-5-9-7-17(14(18)19)8-11(9)10-3-2-4-12(15)13(10)16/h2-4,9,11H,5-8H2,1H3,(H,18,19)/t9-,11-/m0/s1. The lowest BCUT2D eigenvalue weighted by molar-refractivity contribution is 0.153. The number of benzene rings is 1. The molecule has 1 amide bonds. The number of fused-ring (bicyclic) bond motifs is 3. The number of anilines is 1. The van der Waals surface area contributed by atoms with Crippen molar-refractivity contribution >= 4 is 23.4 Å². The van der Waals surface area contributed by atoms with E-state index in [4.69, 9.17) is 11.6 Å². The number of carbonyl (C=O) groups is 1. The number of hydrogen-bond acceptors (Lipinski definition) is 2. The van der Waals surface area contributed by atoms with Gasteiger partial charge in [0, 0.05) is 32.6 Å². The van der Waals surface area contributed by atoms with E-state index in [9.17, 15) is 9.90 Å². The van der Waals surface area contributed by atoms with Crippen LogP contribution in [0.3, 0.4) is 0 Å². The van der Waals surface area contributed by atoms with Gasteiger partial charge in [0.15, 0.2) is 0 Å². The van der Waals surface area contributed by atoms with E-state index in [1.807, 2.05) is 12.1 Å². The Labute approximate surface area is 117 Å². The van der Waals surface area contributed by atoms with Gasteiger partial charge in [-0.15, -0.1) is 0 Å². The molecule has 2 heterocycles. The SMILES string of the molecule is CN1CC[C@H]2CN(C(=O)O)C[C@@H]2c2cccc(Cl)c21. The molecule has 0 unspecified atom stereocenters. The molecular formula is C14H17ClN2O2. The van der Waals surface area contributed by atoms with E-state index in [0.717, 1.165) is 23.7 Å². The minimum Gasteiger partial charge on any atom is -0.465 e. The molecule has 0 aromatic heterocycles. The molecule has 0 spiro atoms. The number of amides is 1. The van der Waals surface area contributed by atoms with E-state index < -0.39 is 6.09 Å². The van der Waals surface area contributed by atoms with Gasteiger partial charge in [-0.05, 0) is 24.0 Å². The quantitative estimate of drug-likeness (QED) is 0.795. The summed E-state index contributed by atoms with van der Waals surface area (Å²) in [7, 11) is 2.06. The van der Waals surface area contributed by atoms with Crippen molar-refractivity contribution in [2.45, 2.75) is 12.3 Å². The summed E-state index contributed by atoms with van der Waals surface area (Å²) >= 11 is 6.33. The average Bonchev–Trinajstić information content (AvgIpc) is 2.74. The van der Waals surface area contributed by atoms with Crippen molar-refractivity contribution in [1.82, 2.24) is 4.90 Å². The molecule has 1 saturated heterocycles. The number of para-hydroxylation sites is 1. The summed E-state index contributed by atoms with van der Waals surface area (Å²) in [6, 6.07) is 5.95. The third-order valence-electron chi connectivity index (χ3n) is 4.35. The Morgan fingerprint density at radius 1 is 1.42 bits per heavy atom. The largest absolute Gasteiger partial charge is 0.465 e. The van der Waals surface area contributed by atoms with E-state index in [1.54, 1.807) is 0 Å². The Morgan fingerprint density at radius 2 is 2.21 bits per heavy atom. The second-order valence-corrected chi connectivity index (χ2v) is 5.85. The van der Waals surface area contributed by atoms with Gasteiger partial charge in [-0.25, -0.2) is 4.79 Å². The molecule has 1 aromatic carbocycles. The Hall–Kier alpha value is -1.42. The molecular weight excluding hydrogens is 264 g/mol. The number of nitrogens with zero attached hydrogens (tertiary/aromatic N) is 2. The summed E-state index contributed by atoms with van der Waals surface area (Å²) in [6.45, 7) is 2.15. The highest BCUT2D eigenvalue weighted by Crippen LogP contribution is 2.44. The van der Waals surface area contributed by atoms with Gasteiger partial charge >= 0.3 is 6.09 Å². The van der Waals surface area contributed by atoms with Crippen LogP contribution in [0.25, 0.3) is 0 Å². The molecule has 0 saturated carbocycles. The van der Waals surface area contributed by atoms with E-state index in [2.05, 4.69) is 18.0 Å². The molecule has 2 atom stereocenters. The van der Waals surface area contributed by atoms with Crippen molar-refractivity contribution in [3.63, 3.8) is 0 Å². The summed E-state index contributed by atoms with van der Waals surface area (Å²) < 4.78 is 0. The van der Waals surface area contributed by atoms with Gasteiger partial charge in [-0.1, -0.05) is 23.7 Å². The lowest BCUT2D eigenvalue weighted by Crippen LogP contribution is -2.28. The second-order valence-electron chi connectivity index (χ2n) is 5.44. The molecule has 0 bridgehead atoms. The van der Waals surface area contributed by atoms with E-state index >= 15 is 0 Å². The van der Waals surface area contributed by atoms with Gasteiger partial charge in [0.1, 0.15) is 0 Å². The molecule has 1 fully saturated rings. The first kappa shape index (κ1) is 12.6. The Bertz CT molecular complexity index is 520. The minimum atomic E-state index is -0.815. The lowest BCUT2D eigenvalue weighted by Gasteiger charge is -2.23. The Balaban J connectivity index is 2.03. The molecule has 1 N–H and O–H groups in total. The van der Waals surface area contributed by atoms with Crippen LogP contribution in [-0.2, 0) is 0 Å². The second kappa shape index (κ2) is 4.60. The number of hydrogen-bond donors (Lipinski definition) is 1. The van der Waals surface area contributed by atoms with Gasteiger partial charge in [0.2, 0.25) is 0 Å². The summed E-state index contributed by atoms with van der Waals surface area (Å²) in [4.78, 5) is 14.9. The maximum Gasteiger partial charge on any atom is 0.407 e. The van der Waals surface area contributed by atoms with Crippen LogP contribution in [0.4, 0.5) is 10.5 Å². The molecule has 0 aliphatic carbocycles. The zero-order valence-corrected chi connectivity index (χ0v) is 11.6. The molecule has 3 rings (SSSR count). The van der Waals surface area contributed by atoms with Crippen LogP contribution in [0.2, 0.25) is 5.02 Å². The van der Waals surface area contributed by atoms with Crippen molar-refractivity contribution in [3.8, 4) is 0 Å². The van der Waals surface area contributed by atoms with Crippen molar-refractivity contribution in [2.24, 2.45) is 5.92 Å². The molecule has 1 aromatic rings. The molecule has 2 aliphatic heterocycles. The summed E-state index contributed by atoms with van der Waals surface area (Å²) in [5.74, 6) is 0.674. The average molecular weight is 281 g/mol. The minimum absolute atomic E-state index is 0.273. The maximum absolute atomic E-state index is 11.2. The first-order valence-corrected chi connectivity index (χ1v) is 6.93. The smallest absolute Gasteiger partial charge is 0.407 e. The monoisotopic (exact) mass is 280 g/mol. The Morgan fingerprint density at radius 3 is 2.95 bits per heavy atom. The number of halogens is 1. The fourth-order valence-electron chi connectivity index (χ4n) is 3.38. The van der Waals surface area contributed by atoms with Crippen LogP contribution in [0.1, 0.15) is 17.9 Å². The third kappa shape index (κ3) is 2.04.